The first-order chi connectivity index (χ1) is 10.1. The molecule has 1 unspecified atom stereocenters. The van der Waals surface area contributed by atoms with Crippen LogP contribution in [0.15, 0.2) is 48.5 Å². The lowest BCUT2D eigenvalue weighted by Crippen LogP contribution is -2.26. The van der Waals surface area contributed by atoms with Gasteiger partial charge in [0.05, 0.1) is 12.6 Å². The molecular weight excluding hydrogens is 286 g/mol. The fourth-order valence-electron chi connectivity index (χ4n) is 1.98. The van der Waals surface area contributed by atoms with Crippen molar-refractivity contribution in [3.8, 4) is 5.75 Å². The summed E-state index contributed by atoms with van der Waals surface area (Å²) in [5.41, 5.74) is 1.62. The molecule has 0 fully saturated rings. The number of ether oxygens (including phenoxy) is 1. The van der Waals surface area contributed by atoms with Crippen LogP contribution in [0.5, 0.6) is 5.75 Å². The topological polar surface area (TPSA) is 38.3 Å². The molecule has 0 aromatic heterocycles. The normalized spacial score (nSPS) is 11.8. The van der Waals surface area contributed by atoms with Gasteiger partial charge >= 0.3 is 0 Å². The van der Waals surface area contributed by atoms with Crippen LogP contribution in [0.2, 0.25) is 5.02 Å². The van der Waals surface area contributed by atoms with E-state index >= 15 is 0 Å². The summed E-state index contributed by atoms with van der Waals surface area (Å²) < 4.78 is 5.40. The van der Waals surface area contributed by atoms with E-state index < -0.39 is 0 Å². The summed E-state index contributed by atoms with van der Waals surface area (Å²) >= 11 is 5.81. The van der Waals surface area contributed by atoms with Gasteiger partial charge in [0.2, 0.25) is 0 Å². The monoisotopic (exact) mass is 303 g/mol. The summed E-state index contributed by atoms with van der Waals surface area (Å²) in [6.45, 7) is 4.54. The summed E-state index contributed by atoms with van der Waals surface area (Å²) in [5, 5.41) is 3.58. The second-order valence-corrected chi connectivity index (χ2v) is 5.14. The largest absolute Gasteiger partial charge is 0.494 e. The number of amides is 1. The zero-order valence-corrected chi connectivity index (χ0v) is 12.9. The number of carbonyl (C=O) groups excluding carboxylic acids is 1. The number of benzene rings is 2. The molecule has 0 bridgehead atoms. The highest BCUT2D eigenvalue weighted by atomic mass is 35.5. The van der Waals surface area contributed by atoms with Crippen molar-refractivity contribution < 1.29 is 9.53 Å². The van der Waals surface area contributed by atoms with Crippen molar-refractivity contribution in [1.29, 1.82) is 0 Å². The number of halogens is 1. The molecule has 0 aliphatic rings. The standard InChI is InChI=1S/C17H18ClNO2/c1-3-21-16-10-6-13(7-11-16)12(2)19-17(20)14-4-8-15(18)9-5-14/h4-12H,3H2,1-2H3,(H,19,20). The third kappa shape index (κ3) is 4.23. The molecule has 4 heteroatoms. The minimum Gasteiger partial charge on any atom is -0.494 e. The molecule has 2 aromatic rings. The highest BCUT2D eigenvalue weighted by Crippen LogP contribution is 2.18. The summed E-state index contributed by atoms with van der Waals surface area (Å²) in [6, 6.07) is 14.5. The Balaban J connectivity index is 2.01. The molecule has 0 spiro atoms. The summed E-state index contributed by atoms with van der Waals surface area (Å²) in [6.07, 6.45) is 0. The Hall–Kier alpha value is -2.00. The van der Waals surface area contributed by atoms with E-state index in [1.807, 2.05) is 38.1 Å². The van der Waals surface area contributed by atoms with Gasteiger partial charge in [-0.25, -0.2) is 0 Å². The number of rotatable bonds is 5. The lowest BCUT2D eigenvalue weighted by Gasteiger charge is -2.15. The number of hydrogen-bond donors (Lipinski definition) is 1. The van der Waals surface area contributed by atoms with Gasteiger partial charge < -0.3 is 10.1 Å². The molecule has 0 aliphatic carbocycles. The lowest BCUT2D eigenvalue weighted by molar-refractivity contribution is 0.0940. The fraction of sp³-hybridized carbons (Fsp3) is 0.235. The smallest absolute Gasteiger partial charge is 0.251 e. The first kappa shape index (κ1) is 15.4. The van der Waals surface area contributed by atoms with Crippen molar-refractivity contribution in [1.82, 2.24) is 5.32 Å². The van der Waals surface area contributed by atoms with Gasteiger partial charge in [0.15, 0.2) is 0 Å². The van der Waals surface area contributed by atoms with Crippen LogP contribution < -0.4 is 10.1 Å². The molecule has 0 radical (unpaired) electrons. The van der Waals surface area contributed by atoms with Gasteiger partial charge in [0.25, 0.3) is 5.91 Å². The Morgan fingerprint density at radius 2 is 1.76 bits per heavy atom. The maximum Gasteiger partial charge on any atom is 0.251 e. The summed E-state index contributed by atoms with van der Waals surface area (Å²) in [4.78, 5) is 12.1. The summed E-state index contributed by atoms with van der Waals surface area (Å²) in [7, 11) is 0. The van der Waals surface area contributed by atoms with Crippen LogP contribution in [0, 0.1) is 0 Å². The van der Waals surface area contributed by atoms with Gasteiger partial charge in [-0.1, -0.05) is 23.7 Å². The second kappa shape index (κ2) is 7.14. The van der Waals surface area contributed by atoms with Crippen molar-refractivity contribution in [2.75, 3.05) is 6.61 Å². The molecule has 2 aromatic carbocycles. The number of hydrogen-bond acceptors (Lipinski definition) is 2. The van der Waals surface area contributed by atoms with E-state index in [1.54, 1.807) is 24.3 Å². The van der Waals surface area contributed by atoms with Gasteiger partial charge in [-0.15, -0.1) is 0 Å². The summed E-state index contributed by atoms with van der Waals surface area (Å²) in [5.74, 6) is 0.713. The predicted octanol–water partition coefficient (Wildman–Crippen LogP) is 4.23. The van der Waals surface area contributed by atoms with Gasteiger partial charge in [-0.2, -0.15) is 0 Å². The maximum absolute atomic E-state index is 12.1. The molecule has 3 nitrogen and oxygen atoms in total. The average Bonchev–Trinajstić information content (AvgIpc) is 2.49. The molecule has 0 saturated carbocycles. The Bertz CT molecular complexity index is 593. The van der Waals surface area contributed by atoms with Gasteiger partial charge in [-0.3, -0.25) is 4.79 Å². The number of nitrogens with one attached hydrogen (secondary N) is 1. The van der Waals surface area contributed by atoms with Crippen LogP contribution in [-0.4, -0.2) is 12.5 Å². The van der Waals surface area contributed by atoms with Gasteiger partial charge in [-0.05, 0) is 55.8 Å². The highest BCUT2D eigenvalue weighted by molar-refractivity contribution is 6.30. The van der Waals surface area contributed by atoms with E-state index in [0.717, 1.165) is 11.3 Å². The van der Waals surface area contributed by atoms with Crippen molar-refractivity contribution >= 4 is 17.5 Å². The van der Waals surface area contributed by atoms with Crippen molar-refractivity contribution in [3.63, 3.8) is 0 Å². The van der Waals surface area contributed by atoms with E-state index in [9.17, 15) is 4.79 Å². The van der Waals surface area contributed by atoms with Gasteiger partial charge in [0, 0.05) is 10.6 Å². The van der Waals surface area contributed by atoms with Crippen LogP contribution in [-0.2, 0) is 0 Å². The number of carbonyl (C=O) groups is 1. The Labute approximate surface area is 129 Å². The first-order valence-corrected chi connectivity index (χ1v) is 7.27. The van der Waals surface area contributed by atoms with Crippen molar-refractivity contribution in [3.05, 3.63) is 64.7 Å². The Morgan fingerprint density at radius 3 is 2.33 bits per heavy atom. The molecule has 21 heavy (non-hydrogen) atoms. The minimum absolute atomic E-state index is 0.0798. The van der Waals surface area contributed by atoms with E-state index in [-0.39, 0.29) is 11.9 Å². The minimum atomic E-state index is -0.118. The van der Waals surface area contributed by atoms with Crippen LogP contribution in [0.1, 0.15) is 35.8 Å². The lowest BCUT2D eigenvalue weighted by atomic mass is 10.1. The predicted molar refractivity (Wildman–Crippen MR) is 84.9 cm³/mol. The SMILES string of the molecule is CCOc1ccc(C(C)NC(=O)c2ccc(Cl)cc2)cc1. The van der Waals surface area contributed by atoms with E-state index in [4.69, 9.17) is 16.3 Å². The molecule has 0 heterocycles. The van der Waals surface area contributed by atoms with E-state index in [2.05, 4.69) is 5.32 Å². The van der Waals surface area contributed by atoms with Gasteiger partial charge in [0.1, 0.15) is 5.75 Å². The molecule has 110 valence electrons. The van der Waals surface area contributed by atoms with Crippen LogP contribution in [0.25, 0.3) is 0 Å². The molecule has 1 N–H and O–H groups in total. The van der Waals surface area contributed by atoms with Crippen molar-refractivity contribution in [2.24, 2.45) is 0 Å². The zero-order chi connectivity index (χ0) is 15.2. The van der Waals surface area contributed by atoms with Crippen LogP contribution in [0.4, 0.5) is 0 Å². The Morgan fingerprint density at radius 1 is 1.14 bits per heavy atom. The first-order valence-electron chi connectivity index (χ1n) is 6.89. The highest BCUT2D eigenvalue weighted by Gasteiger charge is 2.11. The molecule has 0 aliphatic heterocycles. The molecule has 1 atom stereocenters. The molecule has 1 amide bonds. The maximum atomic E-state index is 12.1. The van der Waals surface area contributed by atoms with E-state index in [1.165, 1.54) is 0 Å². The fourth-order valence-corrected chi connectivity index (χ4v) is 2.11. The van der Waals surface area contributed by atoms with Crippen LogP contribution in [0.3, 0.4) is 0 Å². The third-order valence-electron chi connectivity index (χ3n) is 3.15. The zero-order valence-electron chi connectivity index (χ0n) is 12.1. The van der Waals surface area contributed by atoms with Crippen LogP contribution >= 0.6 is 11.6 Å². The Kier molecular flexibility index (Phi) is 5.23. The quantitative estimate of drug-likeness (QED) is 0.897. The molecular formula is C17H18ClNO2. The second-order valence-electron chi connectivity index (χ2n) is 4.70. The third-order valence-corrected chi connectivity index (χ3v) is 3.40. The average molecular weight is 304 g/mol. The van der Waals surface area contributed by atoms with Crippen molar-refractivity contribution in [2.45, 2.75) is 19.9 Å². The molecule has 0 saturated heterocycles. The van der Waals surface area contributed by atoms with E-state index in [0.29, 0.717) is 17.2 Å². The molecule has 2 rings (SSSR count).